The second kappa shape index (κ2) is 11.6. The number of nitrogens with one attached hydrogen (secondary N) is 8. The van der Waals surface area contributed by atoms with Gasteiger partial charge in [0.25, 0.3) is 0 Å². The van der Waals surface area contributed by atoms with Crippen LogP contribution in [-0.2, 0) is 10.0 Å². The first-order valence-corrected chi connectivity index (χ1v) is 20.1. The molecule has 9 aliphatic rings. The van der Waals surface area contributed by atoms with Crippen LogP contribution >= 0.6 is 0 Å². The molecule has 4 saturated carbocycles. The molecule has 0 aromatic carbocycles. The number of rotatable bonds is 1. The maximum Gasteiger partial charge on any atom is 0.212 e. The zero-order chi connectivity index (χ0) is 29.6. The van der Waals surface area contributed by atoms with Gasteiger partial charge in [-0.3, -0.25) is 42.5 Å². The quantitative estimate of drug-likeness (QED) is 0.204. The summed E-state index contributed by atoms with van der Waals surface area (Å²) in [6.07, 6.45) is 19.6. The third-order valence-electron chi connectivity index (χ3n) is 14.3. The third-order valence-corrected chi connectivity index (χ3v) is 15.6. The Bertz CT molecular complexity index is 1170. The molecule has 0 aromatic rings. The van der Waals surface area contributed by atoms with Gasteiger partial charge in [0.15, 0.2) is 0 Å². The normalized spacial score (nSPS) is 55.5. The van der Waals surface area contributed by atoms with Gasteiger partial charge in [-0.25, -0.2) is 13.6 Å². The summed E-state index contributed by atoms with van der Waals surface area (Å²) in [5.74, 6) is 3.83. The van der Waals surface area contributed by atoms with Gasteiger partial charge in [-0.15, -0.1) is 0 Å². The molecule has 5 saturated heterocycles. The average molecular weight is 632 g/mol. The molecule has 0 radical (unpaired) electrons. The van der Waals surface area contributed by atoms with E-state index in [1.807, 2.05) is 0 Å². The Morgan fingerprint density at radius 1 is 0.364 bits per heavy atom. The highest BCUT2D eigenvalue weighted by atomic mass is 32.2. The van der Waals surface area contributed by atoms with Crippen LogP contribution in [0.3, 0.4) is 0 Å². The van der Waals surface area contributed by atoms with Gasteiger partial charge in [0.2, 0.25) is 10.0 Å². The van der Waals surface area contributed by atoms with E-state index in [9.17, 15) is 8.42 Å². The van der Waals surface area contributed by atoms with E-state index in [2.05, 4.69) is 42.5 Å². The highest BCUT2D eigenvalue weighted by Gasteiger charge is 2.56. The van der Waals surface area contributed by atoms with Crippen molar-refractivity contribution in [2.24, 2.45) is 52.5 Å². The Kier molecular flexibility index (Phi) is 7.85. The molecule has 248 valence electrons. The van der Waals surface area contributed by atoms with Crippen molar-refractivity contribution in [2.45, 2.75) is 151 Å². The fraction of sp³-hybridized carbons (Fsp3) is 1.00. The van der Waals surface area contributed by atoms with Crippen molar-refractivity contribution in [1.82, 2.24) is 42.5 Å². The van der Waals surface area contributed by atoms with Crippen LogP contribution in [0, 0.1) is 47.3 Å². The van der Waals surface area contributed by atoms with Gasteiger partial charge >= 0.3 is 0 Å². The second-order valence-electron chi connectivity index (χ2n) is 16.3. The summed E-state index contributed by atoms with van der Waals surface area (Å²) in [5.41, 5.74) is 0. The largest absolute Gasteiger partial charge is 0.286 e. The molecule has 11 nitrogen and oxygen atoms in total. The molecular formula is C32H57N9O2S. The fourth-order valence-corrected chi connectivity index (χ4v) is 13.7. The Morgan fingerprint density at radius 3 is 0.955 bits per heavy atom. The van der Waals surface area contributed by atoms with Crippen LogP contribution < -0.4 is 47.7 Å². The smallest absolute Gasteiger partial charge is 0.212 e. The SMILES string of the molecule is NS(=O)(=O)C1CCCC2C3NC4NC(NC5NC(NC6NC(NC(N3)C21)C1CCCCC61)C1CCCCC51)C1CCCCC41. The molecule has 0 aromatic heterocycles. The monoisotopic (exact) mass is 631 g/mol. The summed E-state index contributed by atoms with van der Waals surface area (Å²) in [5, 5.41) is 38.2. The van der Waals surface area contributed by atoms with Crippen molar-refractivity contribution in [1.29, 1.82) is 0 Å². The van der Waals surface area contributed by atoms with Crippen LogP contribution in [0.1, 0.15) is 96.3 Å². The van der Waals surface area contributed by atoms with E-state index in [-0.39, 0.29) is 48.8 Å². The zero-order valence-electron chi connectivity index (χ0n) is 26.2. The van der Waals surface area contributed by atoms with E-state index < -0.39 is 15.3 Å². The summed E-state index contributed by atoms with van der Waals surface area (Å²) in [7, 11) is -3.66. The topological polar surface area (TPSA) is 156 Å². The molecule has 0 amide bonds. The number of fused-ring (bicyclic) bond motifs is 20. The van der Waals surface area contributed by atoms with Crippen LogP contribution in [0.2, 0.25) is 0 Å². The van der Waals surface area contributed by atoms with Gasteiger partial charge in [-0.1, -0.05) is 44.9 Å². The van der Waals surface area contributed by atoms with E-state index in [1.54, 1.807) is 0 Å². The van der Waals surface area contributed by atoms with E-state index >= 15 is 0 Å². The first-order chi connectivity index (χ1) is 21.4. The van der Waals surface area contributed by atoms with Crippen molar-refractivity contribution in [3.05, 3.63) is 0 Å². The molecular weight excluding hydrogens is 574 g/mol. The number of primary sulfonamides is 1. The summed E-state index contributed by atoms with van der Waals surface area (Å²) in [6.45, 7) is 0. The molecule has 9 rings (SSSR count). The van der Waals surface area contributed by atoms with E-state index in [1.165, 1.54) is 77.0 Å². The summed E-state index contributed by atoms with van der Waals surface area (Å²) in [6, 6.07) is 0. The highest BCUT2D eigenvalue weighted by molar-refractivity contribution is 7.89. The van der Waals surface area contributed by atoms with Gasteiger partial charge in [0, 0.05) is 5.92 Å². The molecule has 0 spiro atoms. The lowest BCUT2D eigenvalue weighted by molar-refractivity contribution is 0.168. The predicted molar refractivity (Wildman–Crippen MR) is 169 cm³/mol. The molecule has 5 heterocycles. The summed E-state index contributed by atoms with van der Waals surface area (Å²) in [4.78, 5) is 0. The van der Waals surface area contributed by atoms with Gasteiger partial charge in [-0.2, -0.15) is 0 Å². The van der Waals surface area contributed by atoms with Crippen molar-refractivity contribution < 1.29 is 8.42 Å². The lowest BCUT2D eigenvalue weighted by Crippen LogP contribution is -2.62. The minimum Gasteiger partial charge on any atom is -0.286 e. The molecule has 9 fully saturated rings. The van der Waals surface area contributed by atoms with Gasteiger partial charge < -0.3 is 0 Å². The van der Waals surface area contributed by atoms with Crippen LogP contribution in [0.15, 0.2) is 0 Å². The summed E-state index contributed by atoms with van der Waals surface area (Å²) < 4.78 is 26.1. The van der Waals surface area contributed by atoms with Crippen LogP contribution in [0.25, 0.3) is 0 Å². The molecule has 8 bridgehead atoms. The highest BCUT2D eigenvalue weighted by Crippen LogP contribution is 2.46. The number of hydrogen-bond donors (Lipinski definition) is 9. The van der Waals surface area contributed by atoms with E-state index in [0.717, 1.165) is 12.8 Å². The minimum absolute atomic E-state index is 0.0408. The van der Waals surface area contributed by atoms with Crippen LogP contribution in [0.5, 0.6) is 0 Å². The molecule has 4 aliphatic carbocycles. The standard InChI is InChI=1S/C32H57N9O2S/c33-44(42,43)23-15-7-14-22-24(23)32-40-30-21-13-6-5-12-20(21)28(38-30)36-26-17-9-2-1-8-16(17)25(34-26)35-27-18-10-3-4-11-19(18)29(37-27)39-31(22)41-32/h16-32,34-41H,1-15H2,(H2,33,42,43). The van der Waals surface area contributed by atoms with E-state index in [4.69, 9.17) is 5.14 Å². The second-order valence-corrected chi connectivity index (χ2v) is 18.1. The van der Waals surface area contributed by atoms with Crippen molar-refractivity contribution in [2.75, 3.05) is 0 Å². The Balaban J connectivity index is 1.08. The lowest BCUT2D eigenvalue weighted by Gasteiger charge is -2.38. The van der Waals surface area contributed by atoms with E-state index in [0.29, 0.717) is 54.3 Å². The first kappa shape index (κ1) is 29.7. The number of hydrogen-bond acceptors (Lipinski definition) is 10. The molecule has 17 unspecified atom stereocenters. The fourth-order valence-electron chi connectivity index (χ4n) is 12.4. The third kappa shape index (κ3) is 5.04. The van der Waals surface area contributed by atoms with Crippen molar-refractivity contribution in [3.63, 3.8) is 0 Å². The summed E-state index contributed by atoms with van der Waals surface area (Å²) >= 11 is 0. The van der Waals surface area contributed by atoms with Crippen LogP contribution in [-0.4, -0.2) is 63.0 Å². The Labute approximate surface area is 263 Å². The maximum absolute atomic E-state index is 13.0. The molecule has 5 aliphatic heterocycles. The number of sulfonamides is 1. The van der Waals surface area contributed by atoms with Crippen molar-refractivity contribution >= 4 is 10.0 Å². The maximum atomic E-state index is 13.0. The average Bonchev–Trinajstić information content (AvgIpc) is 3.76. The van der Waals surface area contributed by atoms with Crippen LogP contribution in [0.4, 0.5) is 0 Å². The molecule has 12 heteroatoms. The lowest BCUT2D eigenvalue weighted by atomic mass is 9.76. The predicted octanol–water partition coefficient (Wildman–Crippen LogP) is 0.873. The first-order valence-electron chi connectivity index (χ1n) is 18.5. The molecule has 10 N–H and O–H groups in total. The molecule has 44 heavy (non-hydrogen) atoms. The van der Waals surface area contributed by atoms with Crippen molar-refractivity contribution in [3.8, 4) is 0 Å². The number of nitrogens with two attached hydrogens (primary N) is 1. The Morgan fingerprint density at radius 2 is 0.636 bits per heavy atom. The van der Waals surface area contributed by atoms with Gasteiger partial charge in [0.05, 0.1) is 54.6 Å². The van der Waals surface area contributed by atoms with Gasteiger partial charge in [-0.05, 0) is 92.8 Å². The Hall–Kier alpha value is -0.410. The van der Waals surface area contributed by atoms with Gasteiger partial charge in [0.1, 0.15) is 0 Å². The minimum atomic E-state index is -3.66. The zero-order valence-corrected chi connectivity index (χ0v) is 27.0. The molecule has 17 atom stereocenters.